The van der Waals surface area contributed by atoms with Gasteiger partial charge in [0.2, 0.25) is 0 Å². The maximum Gasteiger partial charge on any atom is 0.155 e. The average molecular weight is 478 g/mol. The zero-order valence-electron chi connectivity index (χ0n) is 20.1. The number of hydrogen-bond acceptors (Lipinski definition) is 6. The van der Waals surface area contributed by atoms with Crippen molar-refractivity contribution in [2.24, 2.45) is 0 Å². The zero-order valence-corrected chi connectivity index (χ0v) is 20.9. The molecule has 1 fully saturated rings. The maximum atomic E-state index is 10.2. The highest BCUT2D eigenvalue weighted by atomic mass is 35.5. The Bertz CT molecular complexity index is 1170. The number of anilines is 2. The van der Waals surface area contributed by atoms with Gasteiger partial charge in [0.1, 0.15) is 5.82 Å². The summed E-state index contributed by atoms with van der Waals surface area (Å²) >= 11 is 6.41. The van der Waals surface area contributed by atoms with Crippen LogP contribution in [0, 0.1) is 0 Å². The molecule has 1 aliphatic carbocycles. The topological polar surface area (TPSA) is 65.4 Å². The predicted octanol–water partition coefficient (Wildman–Crippen LogP) is 4.55. The first-order valence-corrected chi connectivity index (χ1v) is 12.5. The van der Waals surface area contributed by atoms with Crippen molar-refractivity contribution in [1.29, 1.82) is 0 Å². The van der Waals surface area contributed by atoms with Crippen LogP contribution in [0.2, 0.25) is 5.02 Å². The Labute approximate surface area is 206 Å². The van der Waals surface area contributed by atoms with Crippen molar-refractivity contribution in [3.8, 4) is 0 Å². The molecule has 2 aliphatic rings. The molecule has 7 heteroatoms. The van der Waals surface area contributed by atoms with Crippen molar-refractivity contribution >= 4 is 23.2 Å². The second-order valence-corrected chi connectivity index (χ2v) is 10.4. The summed E-state index contributed by atoms with van der Waals surface area (Å²) in [5.74, 6) is 2.00. The first-order chi connectivity index (χ1) is 16.3. The van der Waals surface area contributed by atoms with Crippen LogP contribution in [0.25, 0.3) is 0 Å². The number of hydrogen-bond donors (Lipinski definition) is 1. The quantitative estimate of drug-likeness (QED) is 0.581. The van der Waals surface area contributed by atoms with Gasteiger partial charge in [-0.15, -0.1) is 5.10 Å². The smallest absolute Gasteiger partial charge is 0.155 e. The molecule has 1 aliphatic heterocycles. The van der Waals surface area contributed by atoms with Crippen molar-refractivity contribution in [3.63, 3.8) is 0 Å². The predicted molar refractivity (Wildman–Crippen MR) is 137 cm³/mol. The van der Waals surface area contributed by atoms with Gasteiger partial charge in [-0.05, 0) is 63.3 Å². The molecule has 3 aromatic rings. The molecular formula is C27H32ClN5O. The fraction of sp³-hybridized carbons (Fsp3) is 0.444. The number of aromatic nitrogens is 3. The van der Waals surface area contributed by atoms with Crippen LogP contribution in [-0.4, -0.2) is 46.0 Å². The van der Waals surface area contributed by atoms with Crippen LogP contribution in [-0.2, 0) is 24.9 Å². The summed E-state index contributed by atoms with van der Waals surface area (Å²) < 4.78 is 0. The molecule has 0 radical (unpaired) electrons. The highest BCUT2D eigenvalue weighted by molar-refractivity contribution is 6.31. The highest BCUT2D eigenvalue weighted by Gasteiger charge is 2.31. The maximum absolute atomic E-state index is 10.2. The van der Waals surface area contributed by atoms with E-state index in [0.29, 0.717) is 0 Å². The summed E-state index contributed by atoms with van der Waals surface area (Å²) in [4.78, 5) is 9.36. The third-order valence-corrected chi connectivity index (χ3v) is 7.46. The number of halogens is 1. The van der Waals surface area contributed by atoms with Crippen LogP contribution in [0.4, 0.5) is 11.6 Å². The molecule has 6 nitrogen and oxygen atoms in total. The number of benzene rings is 1. The molecule has 1 aromatic carbocycles. The Morgan fingerprint density at radius 1 is 1.06 bits per heavy atom. The van der Waals surface area contributed by atoms with E-state index < -0.39 is 5.60 Å². The average Bonchev–Trinajstić information content (AvgIpc) is 3.31. The molecular weight excluding hydrogens is 446 g/mol. The molecule has 1 N–H and O–H groups in total. The number of nitrogens with zero attached hydrogens (tertiary/aromatic N) is 5. The molecule has 2 aromatic heterocycles. The number of piperazine rings is 1. The minimum atomic E-state index is -0.880. The van der Waals surface area contributed by atoms with Crippen LogP contribution in [0.15, 0.2) is 42.6 Å². The van der Waals surface area contributed by atoms with Crippen LogP contribution in [0.5, 0.6) is 0 Å². The van der Waals surface area contributed by atoms with Gasteiger partial charge in [-0.1, -0.05) is 35.9 Å². The zero-order chi connectivity index (χ0) is 23.9. The van der Waals surface area contributed by atoms with Crippen molar-refractivity contribution in [1.82, 2.24) is 15.2 Å². The molecule has 0 saturated carbocycles. The molecule has 0 bridgehead atoms. The summed E-state index contributed by atoms with van der Waals surface area (Å²) in [6.45, 7) is 8.43. The number of fused-ring (bicyclic) bond motifs is 1. The fourth-order valence-electron chi connectivity index (χ4n) is 5.15. The van der Waals surface area contributed by atoms with Crippen LogP contribution in [0.1, 0.15) is 55.1 Å². The summed E-state index contributed by atoms with van der Waals surface area (Å²) in [6, 6.07) is 12.3. The van der Waals surface area contributed by atoms with Gasteiger partial charge in [0.15, 0.2) is 5.82 Å². The summed E-state index contributed by atoms with van der Waals surface area (Å²) in [7, 11) is 0. The number of aliphatic hydroxyl groups is 1. The van der Waals surface area contributed by atoms with Crippen LogP contribution in [0.3, 0.4) is 0 Å². The minimum absolute atomic E-state index is 0.290. The Morgan fingerprint density at radius 2 is 1.85 bits per heavy atom. The summed E-state index contributed by atoms with van der Waals surface area (Å²) in [5.41, 5.74) is 4.84. The van der Waals surface area contributed by atoms with Gasteiger partial charge in [-0.3, -0.25) is 0 Å². The van der Waals surface area contributed by atoms with Gasteiger partial charge in [-0.25, -0.2) is 4.98 Å². The van der Waals surface area contributed by atoms with Gasteiger partial charge < -0.3 is 14.9 Å². The number of rotatable bonds is 5. The highest BCUT2D eigenvalue weighted by Crippen LogP contribution is 2.34. The second kappa shape index (κ2) is 9.16. The third kappa shape index (κ3) is 4.49. The molecule has 1 atom stereocenters. The van der Waals surface area contributed by atoms with Gasteiger partial charge in [-0.2, -0.15) is 5.10 Å². The van der Waals surface area contributed by atoms with E-state index in [1.54, 1.807) is 20.0 Å². The standard InChI is InChI=1S/C27H32ClN5O/c1-18-17-32(25-12-11-20(16-29-25)27(2,3)34)13-14-33(18)26-22-9-6-8-21(22)24(30-31-26)15-19-7-4-5-10-23(19)28/h4-5,7,10-12,16,18,34H,6,8-9,13-15,17H2,1-3H3/t18-/m0/s1. The largest absolute Gasteiger partial charge is 0.386 e. The molecule has 5 rings (SSSR count). The fourth-order valence-corrected chi connectivity index (χ4v) is 5.35. The molecule has 3 heterocycles. The lowest BCUT2D eigenvalue weighted by molar-refractivity contribution is 0.0782. The Balaban J connectivity index is 1.34. The van der Waals surface area contributed by atoms with Gasteiger partial charge >= 0.3 is 0 Å². The Kier molecular flexibility index (Phi) is 6.21. The summed E-state index contributed by atoms with van der Waals surface area (Å²) in [6.07, 6.45) is 5.77. The van der Waals surface area contributed by atoms with Crippen LogP contribution >= 0.6 is 11.6 Å². The van der Waals surface area contributed by atoms with Gasteiger partial charge in [0.05, 0.1) is 11.3 Å². The van der Waals surface area contributed by atoms with E-state index in [-0.39, 0.29) is 6.04 Å². The SMILES string of the molecule is C[C@H]1CN(c2ccc(C(C)(C)O)cn2)CCN1c1nnc(Cc2ccccc2Cl)c2c1CCC2. The monoisotopic (exact) mass is 477 g/mol. The molecule has 34 heavy (non-hydrogen) atoms. The van der Waals surface area contributed by atoms with Crippen LogP contribution < -0.4 is 9.80 Å². The molecule has 0 spiro atoms. The van der Waals surface area contributed by atoms with Gasteiger partial charge in [0, 0.05) is 54.4 Å². The molecule has 0 amide bonds. The van der Waals surface area contributed by atoms with E-state index in [0.717, 1.165) is 78.8 Å². The van der Waals surface area contributed by atoms with Crippen molar-refractivity contribution in [3.05, 3.63) is 75.6 Å². The third-order valence-electron chi connectivity index (χ3n) is 7.10. The molecule has 1 saturated heterocycles. The second-order valence-electron chi connectivity index (χ2n) is 10.0. The van der Waals surface area contributed by atoms with E-state index in [2.05, 4.69) is 27.8 Å². The van der Waals surface area contributed by atoms with Crippen molar-refractivity contribution in [2.45, 2.75) is 58.1 Å². The number of pyridine rings is 1. The Morgan fingerprint density at radius 3 is 2.56 bits per heavy atom. The normalized spacial score (nSPS) is 18.3. The first-order valence-electron chi connectivity index (χ1n) is 12.1. The molecule has 178 valence electrons. The first kappa shape index (κ1) is 23.1. The van der Waals surface area contributed by atoms with Crippen molar-refractivity contribution < 1.29 is 5.11 Å². The van der Waals surface area contributed by atoms with E-state index >= 15 is 0 Å². The lowest BCUT2D eigenvalue weighted by Gasteiger charge is -2.41. The van der Waals surface area contributed by atoms with E-state index in [1.807, 2.05) is 30.3 Å². The minimum Gasteiger partial charge on any atom is -0.386 e. The Hall–Kier alpha value is -2.70. The molecule has 0 unspecified atom stereocenters. The van der Waals surface area contributed by atoms with E-state index in [9.17, 15) is 5.11 Å². The van der Waals surface area contributed by atoms with Crippen molar-refractivity contribution in [2.75, 3.05) is 29.4 Å². The van der Waals surface area contributed by atoms with Gasteiger partial charge in [0.25, 0.3) is 0 Å². The van der Waals surface area contributed by atoms with E-state index in [1.165, 1.54) is 11.1 Å². The lowest BCUT2D eigenvalue weighted by atomic mass is 10.0. The van der Waals surface area contributed by atoms with E-state index in [4.69, 9.17) is 21.8 Å². The summed E-state index contributed by atoms with van der Waals surface area (Å²) in [5, 5.41) is 20.5. The lowest BCUT2D eigenvalue weighted by Crippen LogP contribution is -2.53.